The lowest BCUT2D eigenvalue weighted by Gasteiger charge is -2.49. The first kappa shape index (κ1) is 23.2. The number of fused-ring (bicyclic) bond motifs is 3. The third-order valence-electron chi connectivity index (χ3n) is 7.36. The molecule has 10 heteroatoms. The zero-order valence-electron chi connectivity index (χ0n) is 19.6. The van der Waals surface area contributed by atoms with E-state index in [4.69, 9.17) is 0 Å². The molecule has 2 saturated heterocycles. The van der Waals surface area contributed by atoms with Crippen molar-refractivity contribution in [2.45, 2.75) is 31.8 Å². The summed E-state index contributed by atoms with van der Waals surface area (Å²) < 4.78 is 0. The number of amides is 2. The smallest absolute Gasteiger partial charge is 0.269 e. The lowest BCUT2D eigenvalue weighted by molar-refractivity contribution is -0.384. The van der Waals surface area contributed by atoms with Gasteiger partial charge in [0.15, 0.2) is 0 Å². The normalized spacial score (nSPS) is 21.8. The topological polar surface area (TPSA) is 112 Å². The molecule has 1 aromatic carbocycles. The summed E-state index contributed by atoms with van der Waals surface area (Å²) in [6.07, 6.45) is 5.93. The minimum atomic E-state index is -0.396. The number of carbonyl (C=O) groups excluding carboxylic acids is 2. The summed E-state index contributed by atoms with van der Waals surface area (Å²) in [6.45, 7) is 4.38. The van der Waals surface area contributed by atoms with Crippen LogP contribution in [0, 0.1) is 16.0 Å². The molecule has 0 saturated carbocycles. The van der Waals surface area contributed by atoms with Crippen molar-refractivity contribution >= 4 is 23.2 Å². The van der Waals surface area contributed by atoms with Gasteiger partial charge in [-0.1, -0.05) is 0 Å². The van der Waals surface area contributed by atoms with E-state index in [1.165, 1.54) is 6.07 Å². The molecular weight excluding hydrogens is 448 g/mol. The Morgan fingerprint density at radius 3 is 2.60 bits per heavy atom. The van der Waals surface area contributed by atoms with Crippen molar-refractivity contribution in [1.82, 2.24) is 20.1 Å². The molecule has 1 N–H and O–H groups in total. The van der Waals surface area contributed by atoms with Crippen LogP contribution in [0.2, 0.25) is 0 Å². The van der Waals surface area contributed by atoms with Crippen LogP contribution in [0.3, 0.4) is 0 Å². The maximum atomic E-state index is 13.4. The molecule has 3 aliphatic rings. The van der Waals surface area contributed by atoms with Crippen molar-refractivity contribution < 1.29 is 14.5 Å². The van der Waals surface area contributed by atoms with E-state index < -0.39 is 4.92 Å². The number of carbonyl (C=O) groups is 2. The van der Waals surface area contributed by atoms with Crippen LogP contribution in [0.5, 0.6) is 0 Å². The third kappa shape index (κ3) is 4.97. The van der Waals surface area contributed by atoms with Crippen LogP contribution in [0.1, 0.15) is 24.0 Å². The van der Waals surface area contributed by atoms with Gasteiger partial charge in [0.2, 0.25) is 11.8 Å². The Labute approximate surface area is 204 Å². The Balaban J connectivity index is 1.36. The molecule has 2 aromatic rings. The van der Waals surface area contributed by atoms with Crippen LogP contribution >= 0.6 is 0 Å². The molecule has 184 valence electrons. The number of non-ortho nitro benzene ring substituents is 1. The van der Waals surface area contributed by atoms with Crippen LogP contribution in [0.4, 0.5) is 11.4 Å². The number of nitrogens with one attached hydrogen (secondary N) is 1. The maximum absolute atomic E-state index is 13.4. The van der Waals surface area contributed by atoms with Gasteiger partial charge in [0, 0.05) is 69.5 Å². The fraction of sp³-hybridized carbons (Fsp3) is 0.480. The van der Waals surface area contributed by atoms with Gasteiger partial charge < -0.3 is 15.1 Å². The fourth-order valence-corrected chi connectivity index (χ4v) is 5.50. The van der Waals surface area contributed by atoms with E-state index in [0.717, 1.165) is 42.7 Å². The number of rotatable bonds is 6. The molecule has 5 rings (SSSR count). The standard InChI is InChI=1S/C25H30N6O4/c32-24(29-9-1-2-10-29)17-28-11-12-30-22-4-3-20(31(34)35)13-19(22)14-21(23(30)16-28)25(33)27-15-18-5-7-26-8-6-18/h3-8,13,21,23H,1-2,9-12,14-17H2,(H,27,33)/t21-,23+/m1/s1. The van der Waals surface area contributed by atoms with Crippen LogP contribution in [0.15, 0.2) is 42.7 Å². The predicted molar refractivity (Wildman–Crippen MR) is 130 cm³/mol. The molecule has 0 spiro atoms. The second-order valence-electron chi connectivity index (χ2n) is 9.54. The summed E-state index contributed by atoms with van der Waals surface area (Å²) in [5, 5.41) is 14.4. The zero-order valence-corrected chi connectivity index (χ0v) is 19.6. The highest BCUT2D eigenvalue weighted by Gasteiger charge is 2.42. The lowest BCUT2D eigenvalue weighted by Crippen LogP contribution is -2.62. The first-order chi connectivity index (χ1) is 17.0. The van der Waals surface area contributed by atoms with Crippen LogP contribution < -0.4 is 10.2 Å². The molecule has 1 aromatic heterocycles. The molecular formula is C25H30N6O4. The number of hydrogen-bond donors (Lipinski definition) is 1. The minimum absolute atomic E-state index is 0.0352. The lowest BCUT2D eigenvalue weighted by atomic mass is 9.83. The molecule has 0 aliphatic carbocycles. The molecule has 35 heavy (non-hydrogen) atoms. The molecule has 2 fully saturated rings. The Hall–Kier alpha value is -3.53. The first-order valence-electron chi connectivity index (χ1n) is 12.2. The van der Waals surface area contributed by atoms with Crippen molar-refractivity contribution in [1.29, 1.82) is 0 Å². The first-order valence-corrected chi connectivity index (χ1v) is 12.2. The molecule has 2 amide bonds. The predicted octanol–water partition coefficient (Wildman–Crippen LogP) is 1.59. The van der Waals surface area contributed by atoms with E-state index in [1.807, 2.05) is 17.0 Å². The molecule has 0 radical (unpaired) electrons. The van der Waals surface area contributed by atoms with E-state index in [0.29, 0.717) is 39.1 Å². The highest BCUT2D eigenvalue weighted by atomic mass is 16.6. The second kappa shape index (κ2) is 9.99. The molecule has 2 atom stereocenters. The minimum Gasteiger partial charge on any atom is -0.365 e. The summed E-state index contributed by atoms with van der Waals surface area (Å²) in [7, 11) is 0. The Morgan fingerprint density at radius 1 is 1.09 bits per heavy atom. The number of hydrogen-bond acceptors (Lipinski definition) is 7. The summed E-state index contributed by atoms with van der Waals surface area (Å²) in [4.78, 5) is 47.5. The highest BCUT2D eigenvalue weighted by Crippen LogP contribution is 2.38. The van der Waals surface area contributed by atoms with Gasteiger partial charge >= 0.3 is 0 Å². The van der Waals surface area contributed by atoms with Crippen molar-refractivity contribution in [2.24, 2.45) is 5.92 Å². The van der Waals surface area contributed by atoms with Gasteiger partial charge in [0.1, 0.15) is 0 Å². The Morgan fingerprint density at radius 2 is 1.86 bits per heavy atom. The van der Waals surface area contributed by atoms with Crippen LogP contribution in [0.25, 0.3) is 0 Å². The Kier molecular flexibility index (Phi) is 6.63. The molecule has 0 bridgehead atoms. The molecule has 0 unspecified atom stereocenters. The summed E-state index contributed by atoms with van der Waals surface area (Å²) in [5.74, 6) is -0.306. The number of likely N-dealkylation sites (tertiary alicyclic amines) is 1. The molecule has 10 nitrogen and oxygen atoms in total. The van der Waals surface area contributed by atoms with E-state index in [-0.39, 0.29) is 29.5 Å². The SMILES string of the molecule is O=C(NCc1ccncc1)[C@@H]1Cc2cc([N+](=O)[O-])ccc2N2CCN(CC(=O)N3CCCC3)C[C@@H]12. The van der Waals surface area contributed by atoms with Crippen molar-refractivity contribution in [2.75, 3.05) is 44.2 Å². The van der Waals surface area contributed by atoms with E-state index >= 15 is 0 Å². The zero-order chi connectivity index (χ0) is 24.4. The number of nitro benzene ring substituents is 1. The van der Waals surface area contributed by atoms with Crippen molar-refractivity contribution in [3.05, 3.63) is 64.0 Å². The fourth-order valence-electron chi connectivity index (χ4n) is 5.50. The van der Waals surface area contributed by atoms with Gasteiger partial charge in [-0.2, -0.15) is 0 Å². The van der Waals surface area contributed by atoms with E-state index in [9.17, 15) is 19.7 Å². The Bertz CT molecular complexity index is 1100. The number of nitrogens with zero attached hydrogens (tertiary/aromatic N) is 5. The van der Waals surface area contributed by atoms with Crippen molar-refractivity contribution in [3.8, 4) is 0 Å². The summed E-state index contributed by atoms with van der Waals surface area (Å²) in [6, 6.07) is 8.54. The average molecular weight is 479 g/mol. The van der Waals surface area contributed by atoms with Gasteiger partial charge in [0.25, 0.3) is 5.69 Å². The quantitative estimate of drug-likeness (QED) is 0.496. The van der Waals surface area contributed by atoms with Crippen molar-refractivity contribution in [3.63, 3.8) is 0 Å². The maximum Gasteiger partial charge on any atom is 0.269 e. The summed E-state index contributed by atoms with van der Waals surface area (Å²) in [5.41, 5.74) is 2.76. The average Bonchev–Trinajstić information content (AvgIpc) is 3.42. The molecule has 4 heterocycles. The number of nitro groups is 1. The number of aromatic nitrogens is 1. The second-order valence-corrected chi connectivity index (χ2v) is 9.54. The van der Waals surface area contributed by atoms with Gasteiger partial charge in [-0.25, -0.2) is 0 Å². The molecule has 3 aliphatic heterocycles. The van der Waals surface area contributed by atoms with Gasteiger partial charge in [-0.15, -0.1) is 0 Å². The van der Waals surface area contributed by atoms with Gasteiger partial charge in [-0.05, 0) is 48.6 Å². The highest BCUT2D eigenvalue weighted by molar-refractivity contribution is 5.82. The van der Waals surface area contributed by atoms with Gasteiger partial charge in [-0.3, -0.25) is 29.6 Å². The number of pyridine rings is 1. The number of anilines is 1. The monoisotopic (exact) mass is 478 g/mol. The number of benzene rings is 1. The van der Waals surface area contributed by atoms with E-state index in [2.05, 4.69) is 20.1 Å². The van der Waals surface area contributed by atoms with Gasteiger partial charge in [0.05, 0.1) is 23.4 Å². The third-order valence-corrected chi connectivity index (χ3v) is 7.36. The van der Waals surface area contributed by atoms with E-state index in [1.54, 1.807) is 24.5 Å². The van der Waals surface area contributed by atoms with Crippen LogP contribution in [-0.4, -0.2) is 76.8 Å². The summed E-state index contributed by atoms with van der Waals surface area (Å²) >= 11 is 0. The van der Waals surface area contributed by atoms with Crippen LogP contribution in [-0.2, 0) is 22.6 Å². The number of piperazine rings is 1. The largest absolute Gasteiger partial charge is 0.365 e.